The number of nitrogens with one attached hydrogen (secondary N) is 1. The van der Waals surface area contributed by atoms with Crippen molar-refractivity contribution in [2.24, 2.45) is 0 Å². The molecule has 1 atom stereocenters. The molecule has 0 bridgehead atoms. The van der Waals surface area contributed by atoms with Crippen molar-refractivity contribution in [3.8, 4) is 0 Å². The summed E-state index contributed by atoms with van der Waals surface area (Å²) in [5.74, 6) is -3.35. The van der Waals surface area contributed by atoms with Crippen molar-refractivity contribution in [2.45, 2.75) is 58.0 Å². The maximum Gasteiger partial charge on any atom is 0.273 e. The minimum Gasteiger partial charge on any atom is -0.363 e. The van der Waals surface area contributed by atoms with Gasteiger partial charge in [-0.2, -0.15) is 0 Å². The molecule has 30 heavy (non-hydrogen) atoms. The van der Waals surface area contributed by atoms with Gasteiger partial charge in [-0.25, -0.2) is 23.1 Å². The zero-order chi connectivity index (χ0) is 21.8. The summed E-state index contributed by atoms with van der Waals surface area (Å²) in [7, 11) is 0. The molecule has 8 heteroatoms. The van der Waals surface area contributed by atoms with Crippen molar-refractivity contribution < 1.29 is 13.2 Å². The number of rotatable bonds is 5. The molecule has 1 saturated carbocycles. The second-order valence-electron chi connectivity index (χ2n) is 8.36. The third-order valence-electron chi connectivity index (χ3n) is 5.72. The number of aryl methyl sites for hydroxylation is 1. The number of fused-ring (bicyclic) bond motifs is 1. The van der Waals surface area contributed by atoms with E-state index < -0.39 is 23.3 Å². The van der Waals surface area contributed by atoms with E-state index in [1.54, 1.807) is 24.6 Å². The molecular formula is C22H23F3N4O. The summed E-state index contributed by atoms with van der Waals surface area (Å²) in [6, 6.07) is 4.81. The Morgan fingerprint density at radius 2 is 1.97 bits per heavy atom. The minimum atomic E-state index is -3.28. The number of alkyl halides is 2. The third-order valence-corrected chi connectivity index (χ3v) is 5.72. The molecule has 2 heterocycles. The molecule has 3 aromatic rings. The van der Waals surface area contributed by atoms with Gasteiger partial charge in [0.1, 0.15) is 17.5 Å². The highest BCUT2D eigenvalue weighted by molar-refractivity contribution is 5.88. The fourth-order valence-electron chi connectivity index (χ4n) is 3.68. The van der Waals surface area contributed by atoms with Crippen LogP contribution in [0.3, 0.4) is 0 Å². The van der Waals surface area contributed by atoms with Crippen LogP contribution >= 0.6 is 0 Å². The van der Waals surface area contributed by atoms with Crippen LogP contribution < -0.4 is 10.9 Å². The van der Waals surface area contributed by atoms with Gasteiger partial charge in [0, 0.05) is 30.3 Å². The number of halogens is 3. The molecule has 0 saturated heterocycles. The first-order valence-electron chi connectivity index (χ1n) is 9.84. The van der Waals surface area contributed by atoms with Gasteiger partial charge >= 0.3 is 0 Å². The lowest BCUT2D eigenvalue weighted by Crippen LogP contribution is -2.27. The van der Waals surface area contributed by atoms with Crippen LogP contribution in [0.25, 0.3) is 10.9 Å². The van der Waals surface area contributed by atoms with E-state index in [2.05, 4.69) is 15.3 Å². The van der Waals surface area contributed by atoms with Gasteiger partial charge in [0.05, 0.1) is 22.5 Å². The van der Waals surface area contributed by atoms with Crippen LogP contribution in [0.2, 0.25) is 0 Å². The Morgan fingerprint density at radius 1 is 1.27 bits per heavy atom. The fraction of sp³-hybridized carbons (Fsp3) is 0.409. The molecule has 1 aromatic carbocycles. The lowest BCUT2D eigenvalue weighted by atomic mass is 10.0. The van der Waals surface area contributed by atoms with Gasteiger partial charge in [-0.15, -0.1) is 0 Å². The number of anilines is 1. The number of nitrogens with zero attached hydrogens (tertiary/aromatic N) is 3. The summed E-state index contributed by atoms with van der Waals surface area (Å²) in [4.78, 5) is 21.3. The highest BCUT2D eigenvalue weighted by Crippen LogP contribution is 2.42. The molecule has 0 spiro atoms. The highest BCUT2D eigenvalue weighted by atomic mass is 19.3. The van der Waals surface area contributed by atoms with Crippen LogP contribution in [0.4, 0.5) is 19.0 Å². The number of pyridine rings is 1. The van der Waals surface area contributed by atoms with Gasteiger partial charge in [-0.3, -0.25) is 4.79 Å². The van der Waals surface area contributed by atoms with Crippen LogP contribution in [0, 0.1) is 12.7 Å². The topological polar surface area (TPSA) is 59.8 Å². The zero-order valence-corrected chi connectivity index (χ0v) is 17.3. The van der Waals surface area contributed by atoms with E-state index in [1.165, 1.54) is 18.2 Å². The smallest absolute Gasteiger partial charge is 0.273 e. The molecule has 0 amide bonds. The van der Waals surface area contributed by atoms with Gasteiger partial charge < -0.3 is 9.88 Å². The van der Waals surface area contributed by atoms with E-state index >= 15 is 0 Å². The molecule has 2 aromatic heterocycles. The molecule has 158 valence electrons. The van der Waals surface area contributed by atoms with Crippen LogP contribution in [-0.4, -0.2) is 14.5 Å². The van der Waals surface area contributed by atoms with Gasteiger partial charge in [0.25, 0.3) is 11.5 Å². The predicted octanol–water partition coefficient (Wildman–Crippen LogP) is 5.03. The first-order chi connectivity index (χ1) is 14.0. The van der Waals surface area contributed by atoms with Crippen molar-refractivity contribution in [3.63, 3.8) is 0 Å². The maximum atomic E-state index is 14.8. The quantitative estimate of drug-likeness (QED) is 0.634. The summed E-state index contributed by atoms with van der Waals surface area (Å²) in [5, 5.41) is 3.75. The number of hydrogen-bond acceptors (Lipinski definition) is 4. The van der Waals surface area contributed by atoms with E-state index in [0.717, 1.165) is 18.9 Å². The SMILES string of the molecule is Cc1nc(N[C@H](C)c2cccc(C(C)(F)F)c2F)c2cn(C3(C)CC3)c(=O)cc2n1. The van der Waals surface area contributed by atoms with Crippen molar-refractivity contribution >= 4 is 16.7 Å². The Bertz CT molecular complexity index is 1200. The number of hydrogen-bond donors (Lipinski definition) is 1. The largest absolute Gasteiger partial charge is 0.363 e. The summed E-state index contributed by atoms with van der Waals surface area (Å²) in [6.07, 6.45) is 3.55. The summed E-state index contributed by atoms with van der Waals surface area (Å²) in [5.41, 5.74) is -0.402. The fourth-order valence-corrected chi connectivity index (χ4v) is 3.68. The van der Waals surface area contributed by atoms with Gasteiger partial charge in [-0.05, 0) is 33.6 Å². The number of benzene rings is 1. The van der Waals surface area contributed by atoms with E-state index in [-0.39, 0.29) is 16.7 Å². The standard InChI is InChI=1S/C22H23F3N4O/c1-12(14-6-5-7-16(19(14)23)22(4,24)25)26-20-15-11-29(21(3)8-9-21)18(30)10-17(15)27-13(2)28-20/h5-7,10-12H,8-9H2,1-4H3,(H,26,27,28)/t12-/m1/s1. The lowest BCUT2D eigenvalue weighted by molar-refractivity contribution is 0.0136. The average molecular weight is 416 g/mol. The van der Waals surface area contributed by atoms with Gasteiger partial charge in [-0.1, -0.05) is 18.2 Å². The molecule has 4 rings (SSSR count). The Hall–Kier alpha value is -2.90. The molecule has 1 aliphatic rings. The van der Waals surface area contributed by atoms with Crippen LogP contribution in [-0.2, 0) is 11.5 Å². The molecule has 0 radical (unpaired) electrons. The summed E-state index contributed by atoms with van der Waals surface area (Å²) in [6.45, 7) is 6.06. The van der Waals surface area contributed by atoms with Crippen LogP contribution in [0.1, 0.15) is 56.6 Å². The Balaban J connectivity index is 1.78. The van der Waals surface area contributed by atoms with Crippen LogP contribution in [0.5, 0.6) is 0 Å². The van der Waals surface area contributed by atoms with Crippen molar-refractivity contribution in [2.75, 3.05) is 5.32 Å². The highest BCUT2D eigenvalue weighted by Gasteiger charge is 2.40. The molecule has 0 aliphatic heterocycles. The van der Waals surface area contributed by atoms with Crippen molar-refractivity contribution in [3.05, 3.63) is 63.6 Å². The van der Waals surface area contributed by atoms with Crippen molar-refractivity contribution in [1.29, 1.82) is 0 Å². The lowest BCUT2D eigenvalue weighted by Gasteiger charge is -2.21. The normalized spacial score (nSPS) is 16.5. The predicted molar refractivity (Wildman–Crippen MR) is 109 cm³/mol. The minimum absolute atomic E-state index is 0.112. The monoisotopic (exact) mass is 416 g/mol. The average Bonchev–Trinajstić information content (AvgIpc) is 3.38. The molecular weight excluding hydrogens is 393 g/mol. The van der Waals surface area contributed by atoms with E-state index in [0.29, 0.717) is 29.5 Å². The molecule has 1 N–H and O–H groups in total. The van der Waals surface area contributed by atoms with Crippen LogP contribution in [0.15, 0.2) is 35.3 Å². The van der Waals surface area contributed by atoms with Gasteiger partial charge in [0.15, 0.2) is 0 Å². The van der Waals surface area contributed by atoms with Gasteiger partial charge in [0.2, 0.25) is 0 Å². The maximum absolute atomic E-state index is 14.8. The Kier molecular flexibility index (Phi) is 4.63. The van der Waals surface area contributed by atoms with E-state index in [1.807, 2.05) is 6.92 Å². The second-order valence-corrected chi connectivity index (χ2v) is 8.36. The molecule has 5 nitrogen and oxygen atoms in total. The van der Waals surface area contributed by atoms with E-state index in [9.17, 15) is 18.0 Å². The molecule has 1 fully saturated rings. The zero-order valence-electron chi connectivity index (χ0n) is 17.3. The first kappa shape index (κ1) is 20.4. The molecule has 0 unspecified atom stereocenters. The third kappa shape index (κ3) is 3.55. The second kappa shape index (κ2) is 6.82. The van der Waals surface area contributed by atoms with E-state index in [4.69, 9.17) is 0 Å². The van der Waals surface area contributed by atoms with Crippen molar-refractivity contribution in [1.82, 2.24) is 14.5 Å². The first-order valence-corrected chi connectivity index (χ1v) is 9.84. The number of aromatic nitrogens is 3. The Morgan fingerprint density at radius 3 is 2.60 bits per heavy atom. The molecule has 1 aliphatic carbocycles. The Labute approximate surface area is 172 Å². The summed E-state index contributed by atoms with van der Waals surface area (Å²) >= 11 is 0. The summed E-state index contributed by atoms with van der Waals surface area (Å²) < 4.78 is 43.9.